The average Bonchev–Trinajstić information content (AvgIpc) is 2.83. The number of nitrogens with zero attached hydrogens (tertiary/aromatic N) is 2. The molecule has 2 aromatic carbocycles. The maximum Gasteiger partial charge on any atom is 0.259 e. The van der Waals surface area contributed by atoms with Crippen LogP contribution in [0.15, 0.2) is 47.4 Å². The molecule has 1 saturated heterocycles. The Morgan fingerprint density at radius 2 is 1.88 bits per heavy atom. The lowest BCUT2D eigenvalue weighted by atomic mass is 9.99. The van der Waals surface area contributed by atoms with Crippen LogP contribution in [0.25, 0.3) is 0 Å². The van der Waals surface area contributed by atoms with Crippen molar-refractivity contribution in [1.29, 1.82) is 10.7 Å². The van der Waals surface area contributed by atoms with Crippen LogP contribution in [0.4, 0.5) is 25.8 Å². The lowest BCUT2D eigenvalue weighted by Crippen LogP contribution is -2.36. The van der Waals surface area contributed by atoms with Crippen LogP contribution >= 0.6 is 11.6 Å². The normalized spacial score (nSPS) is 13.5. The van der Waals surface area contributed by atoms with Crippen LogP contribution in [0, 0.1) is 28.4 Å². The zero-order chi connectivity index (χ0) is 23.5. The summed E-state index contributed by atoms with van der Waals surface area (Å²) in [6.45, 7) is 2.34. The van der Waals surface area contributed by atoms with Crippen LogP contribution in [0.3, 0.4) is 0 Å². The van der Waals surface area contributed by atoms with Crippen LogP contribution in [-0.2, 0) is 4.74 Å². The number of nitriles is 1. The molecule has 0 amide bonds. The minimum atomic E-state index is -0.884. The van der Waals surface area contributed by atoms with Gasteiger partial charge in [0.2, 0.25) is 0 Å². The topological polar surface area (TPSA) is 105 Å². The third kappa shape index (κ3) is 4.44. The minimum absolute atomic E-state index is 0.0394. The van der Waals surface area contributed by atoms with Gasteiger partial charge in [0.05, 0.1) is 46.4 Å². The van der Waals surface area contributed by atoms with Gasteiger partial charge in [-0.1, -0.05) is 23.7 Å². The lowest BCUT2D eigenvalue weighted by molar-refractivity contribution is 0.122. The molecule has 0 atom stereocenters. The van der Waals surface area contributed by atoms with Crippen LogP contribution in [-0.4, -0.2) is 37.0 Å². The number of halogens is 3. The molecule has 1 aliphatic rings. The van der Waals surface area contributed by atoms with Crippen molar-refractivity contribution in [3.8, 4) is 6.07 Å². The number of ether oxygens (including phenoxy) is 1. The number of para-hydroxylation sites is 1. The summed E-state index contributed by atoms with van der Waals surface area (Å²) < 4.78 is 33.8. The standard InChI is InChI=1S/C23H18ClF2N5O2/c24-15-12-29-23(32)19(21(15)30-22-16(25)2-1-3-17(22)26)20(28)13-4-5-18(14(10-13)11-27)31-6-8-33-9-7-31/h1-5,10,12,28H,6-9H2,(H2,29,30,32). The van der Waals surface area contributed by atoms with Gasteiger partial charge in [-0.15, -0.1) is 0 Å². The molecule has 1 fully saturated rings. The molecule has 7 nitrogen and oxygen atoms in total. The predicted molar refractivity (Wildman–Crippen MR) is 122 cm³/mol. The molecule has 0 saturated carbocycles. The summed E-state index contributed by atoms with van der Waals surface area (Å²) in [6, 6.07) is 10.3. The first kappa shape index (κ1) is 22.5. The molecule has 4 rings (SSSR count). The fourth-order valence-electron chi connectivity index (χ4n) is 3.61. The quantitative estimate of drug-likeness (QED) is 0.486. The van der Waals surface area contributed by atoms with E-state index in [2.05, 4.69) is 16.4 Å². The Kier molecular flexibility index (Phi) is 6.40. The number of morpholine rings is 1. The van der Waals surface area contributed by atoms with Crippen LogP contribution in [0.5, 0.6) is 0 Å². The first-order valence-corrected chi connectivity index (χ1v) is 10.4. The van der Waals surface area contributed by atoms with Crippen molar-refractivity contribution < 1.29 is 13.5 Å². The maximum atomic E-state index is 14.2. The lowest BCUT2D eigenvalue weighted by Gasteiger charge is -2.29. The third-order valence-electron chi connectivity index (χ3n) is 5.27. The highest BCUT2D eigenvalue weighted by atomic mass is 35.5. The summed E-state index contributed by atoms with van der Waals surface area (Å²) in [4.78, 5) is 17.1. The largest absolute Gasteiger partial charge is 0.378 e. The van der Waals surface area contributed by atoms with E-state index in [0.717, 1.165) is 12.1 Å². The van der Waals surface area contributed by atoms with Crippen molar-refractivity contribution in [3.63, 3.8) is 0 Å². The van der Waals surface area contributed by atoms with E-state index in [1.165, 1.54) is 18.3 Å². The average molecular weight is 470 g/mol. The molecular weight excluding hydrogens is 452 g/mol. The first-order chi connectivity index (χ1) is 15.9. The Bertz CT molecular complexity index is 1310. The molecule has 2 heterocycles. The Hall–Kier alpha value is -3.74. The van der Waals surface area contributed by atoms with Crippen LogP contribution < -0.4 is 15.8 Å². The number of aromatic nitrogens is 1. The third-order valence-corrected chi connectivity index (χ3v) is 5.56. The molecule has 3 N–H and O–H groups in total. The second-order valence-corrected chi connectivity index (χ2v) is 7.66. The van der Waals surface area contributed by atoms with E-state index in [1.807, 2.05) is 4.90 Å². The van der Waals surface area contributed by atoms with E-state index in [-0.39, 0.29) is 27.5 Å². The smallest absolute Gasteiger partial charge is 0.259 e. The first-order valence-electron chi connectivity index (χ1n) is 9.99. The minimum Gasteiger partial charge on any atom is -0.378 e. The molecule has 0 bridgehead atoms. The molecular formula is C23H18ClF2N5O2. The highest BCUT2D eigenvalue weighted by Gasteiger charge is 2.22. The van der Waals surface area contributed by atoms with E-state index in [1.54, 1.807) is 12.1 Å². The number of anilines is 3. The van der Waals surface area contributed by atoms with Gasteiger partial charge in [0, 0.05) is 24.8 Å². The zero-order valence-corrected chi connectivity index (χ0v) is 18.0. The summed E-state index contributed by atoms with van der Waals surface area (Å²) >= 11 is 6.23. The van der Waals surface area contributed by atoms with E-state index in [4.69, 9.17) is 21.7 Å². The number of nitrogens with one attached hydrogen (secondary N) is 3. The summed E-state index contributed by atoms with van der Waals surface area (Å²) in [5, 5.41) is 20.8. The second kappa shape index (κ2) is 9.40. The summed E-state index contributed by atoms with van der Waals surface area (Å²) in [7, 11) is 0. The molecule has 33 heavy (non-hydrogen) atoms. The molecule has 0 aliphatic carbocycles. The van der Waals surface area contributed by atoms with Gasteiger partial charge in [-0.2, -0.15) is 5.26 Å². The zero-order valence-electron chi connectivity index (χ0n) is 17.2. The Labute approximate surface area is 192 Å². The Morgan fingerprint density at radius 3 is 2.55 bits per heavy atom. The monoisotopic (exact) mass is 469 g/mol. The van der Waals surface area contributed by atoms with Crippen LogP contribution in [0.2, 0.25) is 5.02 Å². The van der Waals surface area contributed by atoms with Gasteiger partial charge in [0.1, 0.15) is 23.4 Å². The Balaban J connectivity index is 1.77. The molecule has 3 aromatic rings. The number of hydrogen-bond donors (Lipinski definition) is 3. The number of rotatable bonds is 5. The van der Waals surface area contributed by atoms with Gasteiger partial charge in [-0.05, 0) is 24.3 Å². The van der Waals surface area contributed by atoms with E-state index in [9.17, 15) is 18.8 Å². The number of pyridine rings is 1. The van der Waals surface area contributed by atoms with Crippen molar-refractivity contribution in [1.82, 2.24) is 4.98 Å². The van der Waals surface area contributed by atoms with Gasteiger partial charge in [0.25, 0.3) is 5.56 Å². The Morgan fingerprint density at radius 1 is 1.18 bits per heavy atom. The molecule has 0 radical (unpaired) electrons. The van der Waals surface area contributed by atoms with Crippen molar-refractivity contribution >= 4 is 34.4 Å². The number of aromatic amines is 1. The molecule has 168 valence electrons. The number of hydrogen-bond acceptors (Lipinski definition) is 6. The molecule has 10 heteroatoms. The predicted octanol–water partition coefficient (Wildman–Crippen LogP) is 4.17. The molecule has 1 aromatic heterocycles. The van der Waals surface area contributed by atoms with Crippen molar-refractivity contribution in [3.05, 3.63) is 86.3 Å². The van der Waals surface area contributed by atoms with Gasteiger partial charge < -0.3 is 19.9 Å². The SMILES string of the molecule is N#Cc1cc(C(=N)c2c(Nc3c(F)cccc3F)c(Cl)c[nH]c2=O)ccc1N1CCOCC1. The fraction of sp³-hybridized carbons (Fsp3) is 0.174. The fourth-order valence-corrected chi connectivity index (χ4v) is 3.81. The van der Waals surface area contributed by atoms with Crippen molar-refractivity contribution in [2.75, 3.05) is 36.5 Å². The van der Waals surface area contributed by atoms with Gasteiger partial charge in [-0.3, -0.25) is 10.2 Å². The van der Waals surface area contributed by atoms with E-state index < -0.39 is 22.9 Å². The van der Waals surface area contributed by atoms with Gasteiger partial charge in [0.15, 0.2) is 0 Å². The van der Waals surface area contributed by atoms with Crippen molar-refractivity contribution in [2.24, 2.45) is 0 Å². The number of H-pyrrole nitrogens is 1. The van der Waals surface area contributed by atoms with Gasteiger partial charge >= 0.3 is 0 Å². The van der Waals surface area contributed by atoms with Gasteiger partial charge in [-0.25, -0.2) is 8.78 Å². The molecule has 0 unspecified atom stereocenters. The molecule has 1 aliphatic heterocycles. The number of benzene rings is 2. The second-order valence-electron chi connectivity index (χ2n) is 7.26. The van der Waals surface area contributed by atoms with E-state index in [0.29, 0.717) is 37.6 Å². The van der Waals surface area contributed by atoms with Crippen LogP contribution in [0.1, 0.15) is 16.7 Å². The highest BCUT2D eigenvalue weighted by Crippen LogP contribution is 2.31. The highest BCUT2D eigenvalue weighted by molar-refractivity contribution is 6.34. The summed E-state index contributed by atoms with van der Waals surface area (Å²) in [6.07, 6.45) is 1.17. The summed E-state index contributed by atoms with van der Waals surface area (Å²) in [5.41, 5.74) is -0.481. The molecule has 0 spiro atoms. The van der Waals surface area contributed by atoms with Crippen molar-refractivity contribution in [2.45, 2.75) is 0 Å². The maximum absolute atomic E-state index is 14.2. The van der Waals surface area contributed by atoms with E-state index >= 15 is 0 Å². The summed E-state index contributed by atoms with van der Waals surface area (Å²) in [5.74, 6) is -1.77.